The van der Waals surface area contributed by atoms with E-state index >= 15 is 0 Å². The van der Waals surface area contributed by atoms with E-state index in [0.717, 1.165) is 19.8 Å². The van der Waals surface area contributed by atoms with Gasteiger partial charge in [0.2, 0.25) is 5.60 Å². The molecule has 1 aliphatic rings. The van der Waals surface area contributed by atoms with Crippen LogP contribution in [0, 0.1) is 17.8 Å². The Morgan fingerprint density at radius 3 is 2.00 bits per heavy atom. The Balaban J connectivity index is 0. The SMILES string of the molecule is CC(=O)OC(CC([O-])=S)(CC([O-])=S)C(=O)OC1CC(C)CCC1C(C)C.[Na+].[Na+]. The van der Waals surface area contributed by atoms with E-state index in [1.165, 1.54) is 0 Å². The summed E-state index contributed by atoms with van der Waals surface area (Å²) in [6.45, 7) is 7.28. The summed E-state index contributed by atoms with van der Waals surface area (Å²) in [4.78, 5) is 24.4. The average molecular weight is 449 g/mol. The van der Waals surface area contributed by atoms with Crippen LogP contribution < -0.4 is 69.3 Å². The number of hydrogen-bond acceptors (Lipinski definition) is 8. The fourth-order valence-electron chi connectivity index (χ4n) is 3.56. The molecule has 6 nitrogen and oxygen atoms in total. The Morgan fingerprint density at radius 2 is 1.61 bits per heavy atom. The Kier molecular flexibility index (Phi) is 15.4. The topological polar surface area (TPSA) is 98.7 Å². The maximum absolute atomic E-state index is 12.9. The molecule has 0 amide bonds. The second kappa shape index (κ2) is 13.9. The second-order valence-corrected chi connectivity index (χ2v) is 8.37. The van der Waals surface area contributed by atoms with Crippen LogP contribution in [0.5, 0.6) is 0 Å². The van der Waals surface area contributed by atoms with Crippen molar-refractivity contribution in [3.63, 3.8) is 0 Å². The molecule has 148 valence electrons. The van der Waals surface area contributed by atoms with Crippen LogP contribution in [0.2, 0.25) is 0 Å². The normalized spacial score (nSPS) is 21.7. The van der Waals surface area contributed by atoms with Crippen molar-refractivity contribution >= 4 is 46.5 Å². The number of carbonyl (C=O) groups is 2. The second-order valence-electron chi connectivity index (χ2n) is 7.46. The first-order chi connectivity index (χ1) is 12.0. The summed E-state index contributed by atoms with van der Waals surface area (Å²) >= 11 is 9.11. The van der Waals surface area contributed by atoms with Crippen molar-refractivity contribution in [3.8, 4) is 0 Å². The molecule has 0 aromatic carbocycles. The smallest absolute Gasteiger partial charge is 0.867 e. The molecule has 0 N–H and O–H groups in total. The summed E-state index contributed by atoms with van der Waals surface area (Å²) < 4.78 is 10.8. The van der Waals surface area contributed by atoms with Gasteiger partial charge in [-0.15, -0.1) is 24.4 Å². The predicted octanol–water partition coefficient (Wildman–Crippen LogP) is -4.54. The third kappa shape index (κ3) is 9.69. The molecule has 0 saturated heterocycles. The molecule has 10 heteroatoms. The number of carbonyl (C=O) groups excluding carboxylic acids is 2. The van der Waals surface area contributed by atoms with Gasteiger partial charge < -0.3 is 19.7 Å². The van der Waals surface area contributed by atoms with Gasteiger partial charge in [-0.2, -0.15) is 0 Å². The number of hydrogen-bond donors (Lipinski definition) is 0. The van der Waals surface area contributed by atoms with Crippen molar-refractivity contribution in [3.05, 3.63) is 0 Å². The first-order valence-electron chi connectivity index (χ1n) is 8.77. The zero-order valence-corrected chi connectivity index (χ0v) is 23.2. The minimum atomic E-state index is -2.08. The molecule has 0 aliphatic heterocycles. The molecule has 0 heterocycles. The van der Waals surface area contributed by atoms with Crippen molar-refractivity contribution in [2.45, 2.75) is 71.5 Å². The van der Waals surface area contributed by atoms with Crippen molar-refractivity contribution in [2.75, 3.05) is 0 Å². The molecule has 1 aliphatic carbocycles. The van der Waals surface area contributed by atoms with Crippen LogP contribution in [-0.2, 0) is 19.1 Å². The maximum Gasteiger partial charge on any atom is 1.00 e. The van der Waals surface area contributed by atoms with E-state index in [0.29, 0.717) is 18.3 Å². The van der Waals surface area contributed by atoms with E-state index in [2.05, 4.69) is 45.2 Å². The van der Waals surface area contributed by atoms with Crippen molar-refractivity contribution < 1.29 is 88.4 Å². The summed E-state index contributed by atoms with van der Waals surface area (Å²) in [7, 11) is 0. The summed E-state index contributed by atoms with van der Waals surface area (Å²) in [5.41, 5.74) is -2.08. The van der Waals surface area contributed by atoms with Gasteiger partial charge in [-0.05, 0) is 30.6 Å². The third-order valence-electron chi connectivity index (χ3n) is 4.79. The molecule has 1 fully saturated rings. The molecular formula is C18H26Na2O6S2. The number of thiocarbonyl (C=S) groups is 2. The molecule has 1 rings (SSSR count). The van der Waals surface area contributed by atoms with Crippen LogP contribution in [0.1, 0.15) is 59.8 Å². The minimum absolute atomic E-state index is 0. The fraction of sp³-hybridized carbons (Fsp3) is 0.778. The van der Waals surface area contributed by atoms with Crippen LogP contribution in [0.25, 0.3) is 0 Å². The van der Waals surface area contributed by atoms with Gasteiger partial charge in [0.1, 0.15) is 6.10 Å². The van der Waals surface area contributed by atoms with Crippen LogP contribution in [0.15, 0.2) is 0 Å². The van der Waals surface area contributed by atoms with Crippen LogP contribution in [0.4, 0.5) is 0 Å². The predicted molar refractivity (Wildman–Crippen MR) is 100 cm³/mol. The van der Waals surface area contributed by atoms with Crippen LogP contribution >= 0.6 is 24.4 Å². The van der Waals surface area contributed by atoms with Gasteiger partial charge >= 0.3 is 71.1 Å². The monoisotopic (exact) mass is 448 g/mol. The van der Waals surface area contributed by atoms with Crippen molar-refractivity contribution in [1.82, 2.24) is 0 Å². The molecule has 0 radical (unpaired) electrons. The van der Waals surface area contributed by atoms with Crippen LogP contribution in [-0.4, -0.2) is 33.7 Å². The van der Waals surface area contributed by atoms with E-state index in [1.54, 1.807) is 0 Å². The van der Waals surface area contributed by atoms with E-state index < -0.39 is 40.5 Å². The summed E-state index contributed by atoms with van der Waals surface area (Å²) in [5, 5.41) is 21.4. The summed E-state index contributed by atoms with van der Waals surface area (Å²) in [5.74, 6) is -0.902. The first-order valence-corrected chi connectivity index (χ1v) is 9.59. The molecule has 0 spiro atoms. The first kappa shape index (κ1) is 30.9. The van der Waals surface area contributed by atoms with E-state index in [-0.39, 0.29) is 71.1 Å². The van der Waals surface area contributed by atoms with E-state index in [1.807, 2.05) is 0 Å². The molecule has 3 atom stereocenters. The number of ether oxygens (including phenoxy) is 2. The van der Waals surface area contributed by atoms with Gasteiger partial charge in [0.15, 0.2) is 0 Å². The molecule has 0 aromatic rings. The van der Waals surface area contributed by atoms with E-state index in [9.17, 15) is 19.8 Å². The van der Waals surface area contributed by atoms with Gasteiger partial charge in [0.05, 0.1) is 0 Å². The quantitative estimate of drug-likeness (QED) is 0.208. The molecular weight excluding hydrogens is 422 g/mol. The Labute approximate surface area is 222 Å². The Morgan fingerprint density at radius 1 is 1.11 bits per heavy atom. The van der Waals surface area contributed by atoms with Gasteiger partial charge in [0, 0.05) is 19.8 Å². The molecule has 28 heavy (non-hydrogen) atoms. The van der Waals surface area contributed by atoms with E-state index in [4.69, 9.17) is 9.47 Å². The van der Waals surface area contributed by atoms with Crippen molar-refractivity contribution in [2.24, 2.45) is 17.8 Å². The minimum Gasteiger partial charge on any atom is -0.867 e. The standard InChI is InChI=1S/C18H28O6S2.2Na/c1-10(2)13-6-5-11(3)7-14(13)23-17(22)18(8-15(20)25,9-16(21)26)24-12(4)19;;/h10-11,13-14H,5-9H2,1-4H3,(H,20,25)(H,21,26);;/q;2*+1/p-2. The van der Waals surface area contributed by atoms with Gasteiger partial charge in [-0.3, -0.25) is 4.79 Å². The largest absolute Gasteiger partial charge is 1.00 e. The van der Waals surface area contributed by atoms with Gasteiger partial charge in [-0.1, -0.05) is 37.3 Å². The average Bonchev–Trinajstić information content (AvgIpc) is 2.44. The molecule has 1 saturated carbocycles. The van der Waals surface area contributed by atoms with Crippen molar-refractivity contribution in [1.29, 1.82) is 0 Å². The molecule has 0 aromatic heterocycles. The Bertz CT molecular complexity index is 529. The number of esters is 2. The van der Waals surface area contributed by atoms with Crippen LogP contribution in [0.3, 0.4) is 0 Å². The summed E-state index contributed by atoms with van der Waals surface area (Å²) in [6, 6.07) is 0. The van der Waals surface area contributed by atoms with Gasteiger partial charge in [-0.25, -0.2) is 4.79 Å². The Hall–Kier alpha value is 0.720. The summed E-state index contributed by atoms with van der Waals surface area (Å²) in [6.07, 6.45) is 1.03. The third-order valence-corrected chi connectivity index (χ3v) is 5.08. The zero-order valence-electron chi connectivity index (χ0n) is 17.6. The molecule has 0 bridgehead atoms. The van der Waals surface area contributed by atoms with Gasteiger partial charge in [0.25, 0.3) is 0 Å². The number of rotatable bonds is 8. The fourth-order valence-corrected chi connectivity index (χ4v) is 4.02. The zero-order chi connectivity index (χ0) is 20.1. The molecule has 3 unspecified atom stereocenters. The maximum atomic E-state index is 12.9.